The van der Waals surface area contributed by atoms with Crippen LogP contribution in [0.4, 0.5) is 0 Å². The van der Waals surface area contributed by atoms with Gasteiger partial charge in [-0.3, -0.25) is 0 Å². The molecule has 4 heteroatoms. The molecule has 0 amide bonds. The normalized spacial score (nSPS) is 11.0. The van der Waals surface area contributed by atoms with Gasteiger partial charge in [0.15, 0.2) is 0 Å². The summed E-state index contributed by atoms with van der Waals surface area (Å²) in [7, 11) is 1.97. The Bertz CT molecular complexity index is 317. The first kappa shape index (κ1) is 12.8. The number of aliphatic hydroxyl groups excluding tert-OH is 1. The molecule has 0 saturated heterocycles. The zero-order chi connectivity index (χ0) is 11.3. The summed E-state index contributed by atoms with van der Waals surface area (Å²) >= 11 is 11.9. The first-order valence-electron chi connectivity index (χ1n) is 4.87. The van der Waals surface area contributed by atoms with Gasteiger partial charge in [-0.1, -0.05) is 23.2 Å². The van der Waals surface area contributed by atoms with E-state index >= 15 is 0 Å². The molecule has 0 fully saturated rings. The van der Waals surface area contributed by atoms with Crippen molar-refractivity contribution < 1.29 is 5.11 Å². The Morgan fingerprint density at radius 2 is 2.00 bits per heavy atom. The van der Waals surface area contributed by atoms with Crippen molar-refractivity contribution in [1.82, 2.24) is 4.90 Å². The van der Waals surface area contributed by atoms with Gasteiger partial charge in [-0.05, 0) is 37.2 Å². The molecule has 0 aliphatic rings. The summed E-state index contributed by atoms with van der Waals surface area (Å²) in [6.45, 7) is 1.72. The summed E-state index contributed by atoms with van der Waals surface area (Å²) in [4.78, 5) is 2.05. The van der Waals surface area contributed by atoms with E-state index in [0.717, 1.165) is 23.6 Å². The maximum Gasteiger partial charge on any atom is 0.0558 e. The number of hydrogen-bond donors (Lipinski definition) is 1. The molecule has 1 N–H and O–H groups in total. The molecule has 0 bridgehead atoms. The molecule has 0 aromatic heterocycles. The Morgan fingerprint density at radius 3 is 2.67 bits per heavy atom. The third-order valence-corrected chi connectivity index (χ3v) is 2.86. The van der Waals surface area contributed by atoms with Crippen LogP contribution < -0.4 is 0 Å². The van der Waals surface area contributed by atoms with Gasteiger partial charge in [-0.2, -0.15) is 0 Å². The number of rotatable bonds is 5. The van der Waals surface area contributed by atoms with Gasteiger partial charge in [0.2, 0.25) is 0 Å². The van der Waals surface area contributed by atoms with Crippen molar-refractivity contribution in [2.75, 3.05) is 26.7 Å². The Morgan fingerprint density at radius 1 is 1.27 bits per heavy atom. The second kappa shape index (κ2) is 6.33. The van der Waals surface area contributed by atoms with Crippen LogP contribution in [-0.4, -0.2) is 36.8 Å². The molecule has 0 saturated carbocycles. The lowest BCUT2D eigenvalue weighted by Gasteiger charge is -2.15. The predicted molar refractivity (Wildman–Crippen MR) is 64.7 cm³/mol. The van der Waals surface area contributed by atoms with E-state index in [1.54, 1.807) is 6.07 Å². The predicted octanol–water partition coefficient (Wildman–Crippen LogP) is 2.46. The molecular weight excluding hydrogens is 233 g/mol. The fourth-order valence-electron chi connectivity index (χ4n) is 1.33. The van der Waals surface area contributed by atoms with Gasteiger partial charge in [0.05, 0.1) is 6.61 Å². The van der Waals surface area contributed by atoms with Gasteiger partial charge in [0.1, 0.15) is 0 Å². The van der Waals surface area contributed by atoms with Gasteiger partial charge in [0, 0.05) is 23.1 Å². The second-order valence-electron chi connectivity index (χ2n) is 3.51. The maximum absolute atomic E-state index is 8.74. The van der Waals surface area contributed by atoms with Crippen LogP contribution in [0.3, 0.4) is 0 Å². The Kier molecular flexibility index (Phi) is 5.40. The van der Waals surface area contributed by atoms with Gasteiger partial charge in [-0.15, -0.1) is 0 Å². The molecule has 0 atom stereocenters. The Labute approximate surface area is 100 Å². The monoisotopic (exact) mass is 247 g/mol. The van der Waals surface area contributed by atoms with Crippen molar-refractivity contribution in [2.24, 2.45) is 0 Å². The molecule has 0 aliphatic heterocycles. The third-order valence-electron chi connectivity index (χ3n) is 2.25. The highest BCUT2D eigenvalue weighted by atomic mass is 35.5. The van der Waals surface area contributed by atoms with E-state index in [1.165, 1.54) is 0 Å². The molecule has 1 aromatic rings. The lowest BCUT2D eigenvalue weighted by molar-refractivity contribution is 0.223. The highest BCUT2D eigenvalue weighted by Gasteiger charge is 2.03. The van der Waals surface area contributed by atoms with Crippen LogP contribution in [0.25, 0.3) is 0 Å². The number of halogens is 2. The van der Waals surface area contributed by atoms with Crippen molar-refractivity contribution in [3.05, 3.63) is 33.8 Å². The molecular formula is C11H15Cl2NO. The van der Waals surface area contributed by atoms with Crippen molar-refractivity contribution in [3.63, 3.8) is 0 Å². The van der Waals surface area contributed by atoms with E-state index in [4.69, 9.17) is 28.3 Å². The standard InChI is InChI=1S/C11H15Cl2NO/c1-14(6-7-15)5-4-9-8-10(12)2-3-11(9)13/h2-3,8,15H,4-7H2,1H3. The average Bonchev–Trinajstić information content (AvgIpc) is 2.20. The van der Waals surface area contributed by atoms with Crippen LogP contribution >= 0.6 is 23.2 Å². The van der Waals surface area contributed by atoms with Gasteiger partial charge in [0.25, 0.3) is 0 Å². The van der Waals surface area contributed by atoms with Crippen molar-refractivity contribution in [2.45, 2.75) is 6.42 Å². The minimum Gasteiger partial charge on any atom is -0.395 e. The van der Waals surface area contributed by atoms with E-state index in [2.05, 4.69) is 4.90 Å². The third kappa shape index (κ3) is 4.39. The molecule has 2 nitrogen and oxygen atoms in total. The summed E-state index contributed by atoms with van der Waals surface area (Å²) in [5.41, 5.74) is 1.05. The lowest BCUT2D eigenvalue weighted by Crippen LogP contribution is -2.24. The summed E-state index contributed by atoms with van der Waals surface area (Å²) in [6.07, 6.45) is 0.843. The van der Waals surface area contributed by atoms with Crippen LogP contribution in [0, 0.1) is 0 Å². The minimum atomic E-state index is 0.180. The van der Waals surface area contributed by atoms with Crippen molar-refractivity contribution >= 4 is 23.2 Å². The first-order valence-corrected chi connectivity index (χ1v) is 5.62. The second-order valence-corrected chi connectivity index (χ2v) is 4.36. The summed E-state index contributed by atoms with van der Waals surface area (Å²) in [5.74, 6) is 0. The summed E-state index contributed by atoms with van der Waals surface area (Å²) in [6, 6.07) is 5.48. The zero-order valence-electron chi connectivity index (χ0n) is 8.71. The van der Waals surface area contributed by atoms with Gasteiger partial charge in [-0.25, -0.2) is 0 Å². The van der Waals surface area contributed by atoms with E-state index < -0.39 is 0 Å². The molecule has 0 radical (unpaired) electrons. The van der Waals surface area contributed by atoms with E-state index in [1.807, 2.05) is 19.2 Å². The van der Waals surface area contributed by atoms with Gasteiger partial charge < -0.3 is 10.0 Å². The summed E-state index contributed by atoms with van der Waals surface area (Å²) < 4.78 is 0. The van der Waals surface area contributed by atoms with Crippen LogP contribution in [0.1, 0.15) is 5.56 Å². The maximum atomic E-state index is 8.74. The SMILES string of the molecule is CN(CCO)CCc1cc(Cl)ccc1Cl. The minimum absolute atomic E-state index is 0.180. The molecule has 15 heavy (non-hydrogen) atoms. The molecule has 1 rings (SSSR count). The molecule has 0 heterocycles. The zero-order valence-corrected chi connectivity index (χ0v) is 10.2. The van der Waals surface area contributed by atoms with Crippen molar-refractivity contribution in [1.29, 1.82) is 0 Å². The number of likely N-dealkylation sites (N-methyl/N-ethyl adjacent to an activating group) is 1. The first-order chi connectivity index (χ1) is 7.13. The number of hydrogen-bond acceptors (Lipinski definition) is 2. The van der Waals surface area contributed by atoms with Crippen LogP contribution in [0.15, 0.2) is 18.2 Å². The molecule has 84 valence electrons. The highest BCUT2D eigenvalue weighted by molar-refractivity contribution is 6.33. The Hall–Kier alpha value is -0.280. The lowest BCUT2D eigenvalue weighted by atomic mass is 10.1. The van der Waals surface area contributed by atoms with E-state index in [0.29, 0.717) is 11.6 Å². The van der Waals surface area contributed by atoms with E-state index in [-0.39, 0.29) is 6.61 Å². The highest BCUT2D eigenvalue weighted by Crippen LogP contribution is 2.21. The quantitative estimate of drug-likeness (QED) is 0.865. The number of benzene rings is 1. The van der Waals surface area contributed by atoms with Crippen LogP contribution in [0.5, 0.6) is 0 Å². The fourth-order valence-corrected chi connectivity index (χ4v) is 1.74. The molecule has 1 aromatic carbocycles. The largest absolute Gasteiger partial charge is 0.395 e. The Balaban J connectivity index is 2.53. The van der Waals surface area contributed by atoms with Gasteiger partial charge >= 0.3 is 0 Å². The molecule has 0 spiro atoms. The van der Waals surface area contributed by atoms with Crippen molar-refractivity contribution in [3.8, 4) is 0 Å². The summed E-state index contributed by atoms with van der Waals surface area (Å²) in [5, 5.41) is 10.2. The van der Waals surface area contributed by atoms with E-state index in [9.17, 15) is 0 Å². The number of aliphatic hydroxyl groups is 1. The molecule has 0 aliphatic carbocycles. The topological polar surface area (TPSA) is 23.5 Å². The van der Waals surface area contributed by atoms with Crippen LogP contribution in [0.2, 0.25) is 10.0 Å². The molecule has 0 unspecified atom stereocenters. The smallest absolute Gasteiger partial charge is 0.0558 e. The fraction of sp³-hybridized carbons (Fsp3) is 0.455. The van der Waals surface area contributed by atoms with Crippen LogP contribution in [-0.2, 0) is 6.42 Å². The number of nitrogens with zero attached hydrogens (tertiary/aromatic N) is 1. The average molecular weight is 248 g/mol.